The second kappa shape index (κ2) is 9.91. The summed E-state index contributed by atoms with van der Waals surface area (Å²) in [6.45, 7) is 0.355. The smallest absolute Gasteiger partial charge is 0.255 e. The summed E-state index contributed by atoms with van der Waals surface area (Å²) in [6, 6.07) is 27.9. The summed E-state index contributed by atoms with van der Waals surface area (Å²) < 4.78 is 11.3. The fraction of sp³-hybridized carbons (Fsp3) is 0.0714. The van der Waals surface area contributed by atoms with Crippen LogP contribution >= 0.6 is 11.6 Å². The van der Waals surface area contributed by atoms with Crippen molar-refractivity contribution in [3.63, 3.8) is 0 Å². The van der Waals surface area contributed by atoms with Crippen LogP contribution < -0.4 is 14.8 Å². The zero-order valence-electron chi connectivity index (χ0n) is 18.9. The molecule has 2 N–H and O–H groups in total. The highest BCUT2D eigenvalue weighted by Gasteiger charge is 2.13. The molecule has 0 fully saturated rings. The number of nitrogens with one attached hydrogen (secondary N) is 2. The van der Waals surface area contributed by atoms with Crippen molar-refractivity contribution >= 4 is 34.2 Å². The maximum Gasteiger partial charge on any atom is 0.255 e. The number of imidazole rings is 1. The summed E-state index contributed by atoms with van der Waals surface area (Å²) in [4.78, 5) is 20.9. The molecule has 0 aliphatic carbocycles. The van der Waals surface area contributed by atoms with Crippen LogP contribution in [0.25, 0.3) is 22.4 Å². The van der Waals surface area contributed by atoms with Gasteiger partial charge in [0.05, 0.1) is 18.1 Å². The van der Waals surface area contributed by atoms with E-state index in [2.05, 4.69) is 15.3 Å². The van der Waals surface area contributed by atoms with Gasteiger partial charge >= 0.3 is 0 Å². The average Bonchev–Trinajstić information content (AvgIpc) is 3.33. The van der Waals surface area contributed by atoms with Crippen molar-refractivity contribution < 1.29 is 14.3 Å². The number of ether oxygens (including phenoxy) is 2. The monoisotopic (exact) mass is 483 g/mol. The van der Waals surface area contributed by atoms with E-state index in [1.54, 1.807) is 25.3 Å². The van der Waals surface area contributed by atoms with E-state index in [0.717, 1.165) is 28.0 Å². The van der Waals surface area contributed by atoms with Crippen LogP contribution in [-0.4, -0.2) is 23.0 Å². The van der Waals surface area contributed by atoms with Crippen LogP contribution in [0.2, 0.25) is 5.02 Å². The number of aromatic amines is 1. The predicted octanol–water partition coefficient (Wildman–Crippen LogP) is 6.72. The number of amides is 1. The molecule has 0 aliphatic heterocycles. The van der Waals surface area contributed by atoms with E-state index < -0.39 is 0 Å². The Morgan fingerprint density at radius 2 is 1.77 bits per heavy atom. The number of nitrogens with zero attached hydrogens (tertiary/aromatic N) is 1. The maximum atomic E-state index is 13.0. The van der Waals surface area contributed by atoms with Crippen LogP contribution in [0.15, 0.2) is 91.0 Å². The molecule has 7 heteroatoms. The van der Waals surface area contributed by atoms with E-state index >= 15 is 0 Å². The lowest BCUT2D eigenvalue weighted by Crippen LogP contribution is -2.12. The van der Waals surface area contributed by atoms with Gasteiger partial charge in [-0.2, -0.15) is 0 Å². The van der Waals surface area contributed by atoms with Crippen LogP contribution in [0.1, 0.15) is 15.9 Å². The maximum absolute atomic E-state index is 13.0. The van der Waals surface area contributed by atoms with Gasteiger partial charge in [-0.1, -0.05) is 48.0 Å². The highest BCUT2D eigenvalue weighted by Crippen LogP contribution is 2.30. The van der Waals surface area contributed by atoms with Gasteiger partial charge in [0.25, 0.3) is 5.91 Å². The van der Waals surface area contributed by atoms with E-state index in [-0.39, 0.29) is 5.91 Å². The molecule has 0 unspecified atom stereocenters. The van der Waals surface area contributed by atoms with Crippen molar-refractivity contribution in [1.29, 1.82) is 0 Å². The Bertz CT molecular complexity index is 1460. The SMILES string of the molecule is COc1cc(C(=O)Nc2cccc(-c3nc4ccccc4[nH]3)c2)ccc1OCc1ccc(Cl)cc1. The van der Waals surface area contributed by atoms with Crippen molar-refractivity contribution in [2.45, 2.75) is 6.61 Å². The Kier molecular flexibility index (Phi) is 6.37. The number of H-pyrrole nitrogens is 1. The normalized spacial score (nSPS) is 10.8. The van der Waals surface area contributed by atoms with Crippen LogP contribution in [0.4, 0.5) is 5.69 Å². The fourth-order valence-corrected chi connectivity index (χ4v) is 3.83. The van der Waals surface area contributed by atoms with Gasteiger partial charge in [0, 0.05) is 21.8 Å². The molecule has 0 spiro atoms. The zero-order valence-corrected chi connectivity index (χ0v) is 19.7. The highest BCUT2D eigenvalue weighted by atomic mass is 35.5. The third-order valence-corrected chi connectivity index (χ3v) is 5.77. The molecule has 5 rings (SSSR count). The van der Waals surface area contributed by atoms with E-state index in [9.17, 15) is 4.79 Å². The number of methoxy groups -OCH3 is 1. The minimum Gasteiger partial charge on any atom is -0.493 e. The number of para-hydroxylation sites is 2. The molecule has 1 amide bonds. The molecule has 0 saturated heterocycles. The van der Waals surface area contributed by atoms with Crippen molar-refractivity contribution in [3.8, 4) is 22.9 Å². The molecular weight excluding hydrogens is 462 g/mol. The minimum absolute atomic E-state index is 0.255. The summed E-state index contributed by atoms with van der Waals surface area (Å²) >= 11 is 5.93. The first-order valence-electron chi connectivity index (χ1n) is 11.0. The minimum atomic E-state index is -0.255. The third-order valence-electron chi connectivity index (χ3n) is 5.52. The van der Waals surface area contributed by atoms with Crippen LogP contribution in [0.3, 0.4) is 0 Å². The van der Waals surface area contributed by atoms with Crippen LogP contribution in [0.5, 0.6) is 11.5 Å². The quantitative estimate of drug-likeness (QED) is 0.269. The summed E-state index contributed by atoms with van der Waals surface area (Å²) in [6.07, 6.45) is 0. The Morgan fingerprint density at radius 1 is 0.943 bits per heavy atom. The third kappa shape index (κ3) is 5.13. The largest absolute Gasteiger partial charge is 0.493 e. The first-order valence-corrected chi connectivity index (χ1v) is 11.4. The molecule has 35 heavy (non-hydrogen) atoms. The number of hydrogen-bond acceptors (Lipinski definition) is 4. The van der Waals surface area contributed by atoms with Gasteiger partial charge in [-0.05, 0) is 60.2 Å². The van der Waals surface area contributed by atoms with Gasteiger partial charge in [-0.15, -0.1) is 0 Å². The van der Waals surface area contributed by atoms with Gasteiger partial charge in [-0.3, -0.25) is 4.79 Å². The fourth-order valence-electron chi connectivity index (χ4n) is 3.71. The molecular formula is C28H22ClN3O3. The van der Waals surface area contributed by atoms with Crippen molar-refractivity contribution in [1.82, 2.24) is 9.97 Å². The summed E-state index contributed by atoms with van der Waals surface area (Å²) in [5.74, 6) is 1.51. The topological polar surface area (TPSA) is 76.2 Å². The number of carbonyl (C=O) groups is 1. The summed E-state index contributed by atoms with van der Waals surface area (Å²) in [5, 5.41) is 3.62. The first kappa shape index (κ1) is 22.5. The standard InChI is InChI=1S/C28H22ClN3O3/c1-34-26-16-20(11-14-25(26)35-17-18-9-12-21(29)13-10-18)28(33)30-22-6-4-5-19(15-22)27-31-23-7-2-3-8-24(23)32-27/h2-16H,17H2,1H3,(H,30,33)(H,31,32). The van der Waals surface area contributed by atoms with Crippen molar-refractivity contribution in [2.24, 2.45) is 0 Å². The number of anilines is 1. The molecule has 0 saturated carbocycles. The first-order chi connectivity index (χ1) is 17.1. The lowest BCUT2D eigenvalue weighted by Gasteiger charge is -2.13. The molecule has 6 nitrogen and oxygen atoms in total. The van der Waals surface area contributed by atoms with Gasteiger partial charge in [-0.25, -0.2) is 4.98 Å². The molecule has 1 heterocycles. The number of fused-ring (bicyclic) bond motifs is 1. The number of benzene rings is 4. The van der Waals surface area contributed by atoms with Gasteiger partial charge in [0.1, 0.15) is 12.4 Å². The highest BCUT2D eigenvalue weighted by molar-refractivity contribution is 6.30. The number of halogens is 1. The molecule has 4 aromatic carbocycles. The van der Waals surface area contributed by atoms with E-state index in [4.69, 9.17) is 21.1 Å². The Balaban J connectivity index is 1.30. The Labute approximate surface area is 207 Å². The second-order valence-corrected chi connectivity index (χ2v) is 8.35. The molecule has 0 radical (unpaired) electrons. The Hall–Kier alpha value is -4.29. The second-order valence-electron chi connectivity index (χ2n) is 7.92. The van der Waals surface area contributed by atoms with Crippen molar-refractivity contribution in [3.05, 3.63) is 107 Å². The average molecular weight is 484 g/mol. The van der Waals surface area contributed by atoms with E-state index in [0.29, 0.717) is 34.4 Å². The van der Waals surface area contributed by atoms with E-state index in [1.165, 1.54) is 0 Å². The molecule has 5 aromatic rings. The summed E-state index contributed by atoms with van der Waals surface area (Å²) in [5.41, 5.74) is 4.82. The summed E-state index contributed by atoms with van der Waals surface area (Å²) in [7, 11) is 1.54. The molecule has 1 aromatic heterocycles. The molecule has 0 aliphatic rings. The van der Waals surface area contributed by atoms with Gasteiger partial charge < -0.3 is 19.8 Å². The lowest BCUT2D eigenvalue weighted by molar-refractivity contribution is 0.102. The lowest BCUT2D eigenvalue weighted by atomic mass is 10.1. The van der Waals surface area contributed by atoms with Gasteiger partial charge in [0.15, 0.2) is 11.5 Å². The number of aromatic nitrogens is 2. The molecule has 0 bridgehead atoms. The van der Waals surface area contributed by atoms with Crippen LogP contribution in [0, 0.1) is 0 Å². The number of hydrogen-bond donors (Lipinski definition) is 2. The molecule has 0 atom stereocenters. The zero-order chi connectivity index (χ0) is 24.2. The van der Waals surface area contributed by atoms with Crippen LogP contribution in [-0.2, 0) is 6.61 Å². The number of carbonyl (C=O) groups excluding carboxylic acids is 1. The van der Waals surface area contributed by atoms with Gasteiger partial charge in [0.2, 0.25) is 0 Å². The van der Waals surface area contributed by atoms with Crippen molar-refractivity contribution in [2.75, 3.05) is 12.4 Å². The number of rotatable bonds is 7. The van der Waals surface area contributed by atoms with E-state index in [1.807, 2.05) is 72.8 Å². The molecule has 174 valence electrons. The predicted molar refractivity (Wildman–Crippen MR) is 138 cm³/mol. The Morgan fingerprint density at radius 3 is 2.57 bits per heavy atom.